The van der Waals surface area contributed by atoms with Gasteiger partial charge in [0.15, 0.2) is 6.29 Å². The van der Waals surface area contributed by atoms with Gasteiger partial charge in [0.1, 0.15) is 0 Å². The summed E-state index contributed by atoms with van der Waals surface area (Å²) in [7, 11) is 0. The van der Waals surface area contributed by atoms with Gasteiger partial charge in [0.25, 0.3) is 0 Å². The van der Waals surface area contributed by atoms with E-state index in [0.717, 1.165) is 6.42 Å². The van der Waals surface area contributed by atoms with Crippen molar-refractivity contribution in [2.75, 3.05) is 26.4 Å². The van der Waals surface area contributed by atoms with Crippen LogP contribution in [0.25, 0.3) is 0 Å². The summed E-state index contributed by atoms with van der Waals surface area (Å²) in [5, 5.41) is 0. The Balaban J connectivity index is 3.33. The molecule has 0 unspecified atom stereocenters. The normalized spacial score (nSPS) is 11.1. The molecule has 0 radical (unpaired) electrons. The molecule has 1 N–H and O–H groups in total. The molecule has 0 aliphatic rings. The average Bonchev–Trinajstić information content (AvgIpc) is 2.13. The Morgan fingerprint density at radius 2 is 1.69 bits per heavy atom. The van der Waals surface area contributed by atoms with Crippen LogP contribution in [-0.4, -0.2) is 32.7 Å². The van der Waals surface area contributed by atoms with Crippen molar-refractivity contribution in [3.63, 3.8) is 0 Å². The van der Waals surface area contributed by atoms with Crippen molar-refractivity contribution in [1.29, 1.82) is 0 Å². The predicted octanol–water partition coefficient (Wildman–Crippen LogP) is 1.32. The average molecular weight is 191 g/mol. The van der Waals surface area contributed by atoms with Crippen LogP contribution in [0, 0.1) is 0 Å². The number of nitrogens with one attached hydrogen (secondary N) is 1. The van der Waals surface area contributed by atoms with E-state index in [9.17, 15) is 0 Å². The van der Waals surface area contributed by atoms with E-state index in [1.807, 2.05) is 13.8 Å². The first kappa shape index (κ1) is 12.8. The van der Waals surface area contributed by atoms with Crippen molar-refractivity contribution in [2.45, 2.75) is 33.5 Å². The molecule has 0 aliphatic carbocycles. The van der Waals surface area contributed by atoms with E-state index in [0.29, 0.717) is 26.4 Å². The second-order valence-electron chi connectivity index (χ2n) is 2.54. The number of hydroxylamine groups is 1. The molecule has 0 fully saturated rings. The molecule has 0 bridgehead atoms. The maximum Gasteiger partial charge on any atom is 0.172 e. The summed E-state index contributed by atoms with van der Waals surface area (Å²) < 4.78 is 10.6. The lowest BCUT2D eigenvalue weighted by Gasteiger charge is -2.16. The first-order valence-corrected chi connectivity index (χ1v) is 4.92. The third kappa shape index (κ3) is 8.18. The molecule has 0 rings (SSSR count). The van der Waals surface area contributed by atoms with Gasteiger partial charge < -0.3 is 14.3 Å². The molecule has 0 aromatic carbocycles. The molecular weight excluding hydrogens is 170 g/mol. The first-order valence-electron chi connectivity index (χ1n) is 4.92. The molecule has 0 saturated heterocycles. The maximum atomic E-state index is 5.30. The molecule has 0 atom stereocenters. The SMILES string of the molecule is CCCONCC(OCC)OCC. The van der Waals surface area contributed by atoms with Crippen LogP contribution in [0.15, 0.2) is 0 Å². The quantitative estimate of drug-likeness (QED) is 0.339. The fourth-order valence-corrected chi connectivity index (χ4v) is 0.839. The van der Waals surface area contributed by atoms with Gasteiger partial charge in [-0.1, -0.05) is 6.92 Å². The van der Waals surface area contributed by atoms with Gasteiger partial charge in [-0.3, -0.25) is 0 Å². The molecule has 0 aromatic heterocycles. The summed E-state index contributed by atoms with van der Waals surface area (Å²) in [6, 6.07) is 0. The number of rotatable bonds is 9. The molecule has 13 heavy (non-hydrogen) atoms. The fraction of sp³-hybridized carbons (Fsp3) is 1.00. The zero-order valence-electron chi connectivity index (χ0n) is 8.84. The summed E-state index contributed by atoms with van der Waals surface area (Å²) in [5.74, 6) is 0. The zero-order chi connectivity index (χ0) is 9.94. The number of hydrogen-bond donors (Lipinski definition) is 1. The standard InChI is InChI=1S/C9H21NO3/c1-4-7-13-10-8-9(11-5-2)12-6-3/h9-10H,4-8H2,1-3H3. The van der Waals surface area contributed by atoms with Gasteiger partial charge in [-0.2, -0.15) is 5.48 Å². The lowest BCUT2D eigenvalue weighted by atomic mass is 10.5. The molecule has 0 amide bonds. The van der Waals surface area contributed by atoms with Crippen molar-refractivity contribution in [3.8, 4) is 0 Å². The Hall–Kier alpha value is -0.160. The summed E-state index contributed by atoms with van der Waals surface area (Å²) in [6.45, 7) is 8.54. The second kappa shape index (κ2) is 9.92. The van der Waals surface area contributed by atoms with E-state index in [4.69, 9.17) is 14.3 Å². The topological polar surface area (TPSA) is 39.7 Å². The van der Waals surface area contributed by atoms with Gasteiger partial charge in [-0.25, -0.2) is 0 Å². The minimum atomic E-state index is -0.202. The smallest absolute Gasteiger partial charge is 0.172 e. The lowest BCUT2D eigenvalue weighted by molar-refractivity contribution is -0.149. The minimum Gasteiger partial charge on any atom is -0.351 e. The van der Waals surface area contributed by atoms with Crippen molar-refractivity contribution in [2.24, 2.45) is 0 Å². The molecule has 4 heteroatoms. The molecule has 0 saturated carbocycles. The van der Waals surface area contributed by atoms with Crippen LogP contribution in [-0.2, 0) is 14.3 Å². The Labute approximate surface area is 80.5 Å². The van der Waals surface area contributed by atoms with E-state index in [2.05, 4.69) is 12.4 Å². The predicted molar refractivity (Wildman–Crippen MR) is 51.3 cm³/mol. The molecule has 0 aliphatic heterocycles. The van der Waals surface area contributed by atoms with Crippen LogP contribution in [0.5, 0.6) is 0 Å². The highest BCUT2D eigenvalue weighted by molar-refractivity contribution is 4.43. The molecular formula is C9H21NO3. The van der Waals surface area contributed by atoms with Gasteiger partial charge in [0.05, 0.1) is 13.2 Å². The van der Waals surface area contributed by atoms with Crippen molar-refractivity contribution >= 4 is 0 Å². The number of ether oxygens (including phenoxy) is 2. The molecule has 0 spiro atoms. The molecule has 0 aromatic rings. The van der Waals surface area contributed by atoms with Crippen molar-refractivity contribution < 1.29 is 14.3 Å². The number of hydrogen-bond acceptors (Lipinski definition) is 4. The fourth-order valence-electron chi connectivity index (χ4n) is 0.839. The lowest BCUT2D eigenvalue weighted by Crippen LogP contribution is -2.31. The Bertz CT molecular complexity index is 94.9. The summed E-state index contributed by atoms with van der Waals surface area (Å²) >= 11 is 0. The van der Waals surface area contributed by atoms with Gasteiger partial charge in [0.2, 0.25) is 0 Å². The second-order valence-corrected chi connectivity index (χ2v) is 2.54. The summed E-state index contributed by atoms with van der Waals surface area (Å²) in [6.07, 6.45) is 0.799. The zero-order valence-corrected chi connectivity index (χ0v) is 8.84. The third-order valence-electron chi connectivity index (χ3n) is 1.36. The van der Waals surface area contributed by atoms with Crippen molar-refractivity contribution in [1.82, 2.24) is 5.48 Å². The van der Waals surface area contributed by atoms with Crippen molar-refractivity contribution in [3.05, 3.63) is 0 Å². The molecule has 4 nitrogen and oxygen atoms in total. The van der Waals surface area contributed by atoms with E-state index in [-0.39, 0.29) is 6.29 Å². The Morgan fingerprint density at radius 3 is 2.15 bits per heavy atom. The van der Waals surface area contributed by atoms with Gasteiger partial charge in [-0.15, -0.1) is 0 Å². The van der Waals surface area contributed by atoms with Gasteiger partial charge in [-0.05, 0) is 20.3 Å². The third-order valence-corrected chi connectivity index (χ3v) is 1.36. The highest BCUT2D eigenvalue weighted by Gasteiger charge is 2.06. The maximum absolute atomic E-state index is 5.30. The van der Waals surface area contributed by atoms with E-state index < -0.39 is 0 Å². The van der Waals surface area contributed by atoms with Crippen LogP contribution in [0.2, 0.25) is 0 Å². The first-order chi connectivity index (χ1) is 6.35. The Kier molecular flexibility index (Phi) is 9.80. The molecule has 0 heterocycles. The van der Waals surface area contributed by atoms with Crippen LogP contribution in [0.1, 0.15) is 27.2 Å². The highest BCUT2D eigenvalue weighted by Crippen LogP contribution is 1.93. The van der Waals surface area contributed by atoms with Crippen LogP contribution in [0.3, 0.4) is 0 Å². The molecule has 80 valence electrons. The van der Waals surface area contributed by atoms with E-state index in [1.165, 1.54) is 0 Å². The largest absolute Gasteiger partial charge is 0.351 e. The van der Waals surface area contributed by atoms with Gasteiger partial charge in [0, 0.05) is 13.2 Å². The van der Waals surface area contributed by atoms with E-state index in [1.54, 1.807) is 0 Å². The Morgan fingerprint density at radius 1 is 1.08 bits per heavy atom. The minimum absolute atomic E-state index is 0.202. The van der Waals surface area contributed by atoms with Crippen LogP contribution < -0.4 is 5.48 Å². The van der Waals surface area contributed by atoms with Gasteiger partial charge >= 0.3 is 0 Å². The van der Waals surface area contributed by atoms with Crippen LogP contribution in [0.4, 0.5) is 0 Å². The summed E-state index contributed by atoms with van der Waals surface area (Å²) in [4.78, 5) is 5.10. The van der Waals surface area contributed by atoms with Crippen LogP contribution >= 0.6 is 0 Å². The monoisotopic (exact) mass is 191 g/mol. The highest BCUT2D eigenvalue weighted by atomic mass is 16.7. The van der Waals surface area contributed by atoms with E-state index >= 15 is 0 Å². The summed E-state index contributed by atoms with van der Waals surface area (Å²) in [5.41, 5.74) is 2.81.